The summed E-state index contributed by atoms with van der Waals surface area (Å²) in [6.07, 6.45) is 0.645. The summed E-state index contributed by atoms with van der Waals surface area (Å²) >= 11 is 0. The first-order valence-corrected chi connectivity index (χ1v) is 10.1. The Morgan fingerprint density at radius 1 is 1.03 bits per heavy atom. The van der Waals surface area contributed by atoms with Gasteiger partial charge in [-0.3, -0.25) is 4.79 Å². The lowest BCUT2D eigenvalue weighted by Crippen LogP contribution is -2.36. The highest BCUT2D eigenvalue weighted by Gasteiger charge is 2.31. The fourth-order valence-corrected chi connectivity index (χ4v) is 3.98. The Balaban J connectivity index is 1.57. The predicted molar refractivity (Wildman–Crippen MR) is 115 cm³/mol. The topological polar surface area (TPSA) is 63.6 Å². The van der Waals surface area contributed by atoms with Gasteiger partial charge >= 0.3 is 0 Å². The summed E-state index contributed by atoms with van der Waals surface area (Å²) in [5.74, 6) is 1.23. The molecule has 0 aliphatic carbocycles. The number of rotatable bonds is 5. The van der Waals surface area contributed by atoms with Gasteiger partial charge in [0.1, 0.15) is 0 Å². The first kappa shape index (κ1) is 20.2. The van der Waals surface area contributed by atoms with E-state index in [2.05, 4.69) is 34.3 Å². The van der Waals surface area contributed by atoms with Gasteiger partial charge in [-0.05, 0) is 35.9 Å². The van der Waals surface area contributed by atoms with E-state index in [1.54, 1.807) is 26.2 Å². The molecule has 1 atom stereocenters. The lowest BCUT2D eigenvalue weighted by atomic mass is 9.98. The SMILES string of the molecule is COc1ccc(C2=NN(C(C)=O)C(c3ccc(N4CCOCC4)cc3)C2)cc1OC. The van der Waals surface area contributed by atoms with Crippen LogP contribution in [0.5, 0.6) is 11.5 Å². The number of morpholine rings is 1. The molecule has 0 bridgehead atoms. The molecule has 2 aromatic carbocycles. The van der Waals surface area contributed by atoms with Crippen LogP contribution < -0.4 is 14.4 Å². The Kier molecular flexibility index (Phi) is 5.90. The van der Waals surface area contributed by atoms with Crippen LogP contribution in [0.2, 0.25) is 0 Å². The van der Waals surface area contributed by atoms with E-state index >= 15 is 0 Å². The molecule has 4 rings (SSSR count). The molecule has 0 radical (unpaired) electrons. The molecule has 1 unspecified atom stereocenters. The standard InChI is InChI=1S/C23H27N3O4/c1-16(27)26-21(17-4-7-19(8-5-17)25-10-12-30-13-11-25)15-20(24-26)18-6-9-22(28-2)23(14-18)29-3/h4-9,14,21H,10-13,15H2,1-3H3. The molecule has 1 amide bonds. The minimum absolute atomic E-state index is 0.0762. The number of amides is 1. The van der Waals surface area contributed by atoms with Gasteiger partial charge in [0, 0.05) is 37.7 Å². The second-order valence-corrected chi connectivity index (χ2v) is 7.39. The van der Waals surface area contributed by atoms with Crippen molar-refractivity contribution in [2.45, 2.75) is 19.4 Å². The Morgan fingerprint density at radius 2 is 1.73 bits per heavy atom. The highest BCUT2D eigenvalue weighted by Crippen LogP contribution is 2.36. The normalized spacial score (nSPS) is 18.9. The molecule has 2 aliphatic heterocycles. The fourth-order valence-electron chi connectivity index (χ4n) is 3.98. The van der Waals surface area contributed by atoms with Crippen LogP contribution in [0.15, 0.2) is 47.6 Å². The summed E-state index contributed by atoms with van der Waals surface area (Å²) in [6, 6.07) is 14.0. The van der Waals surface area contributed by atoms with Crippen molar-refractivity contribution in [3.8, 4) is 11.5 Å². The van der Waals surface area contributed by atoms with Crippen LogP contribution in [0.25, 0.3) is 0 Å². The molecule has 2 aliphatic rings. The number of benzene rings is 2. The van der Waals surface area contributed by atoms with Crippen LogP contribution >= 0.6 is 0 Å². The molecule has 2 aromatic rings. The summed E-state index contributed by atoms with van der Waals surface area (Å²) in [5, 5.41) is 6.22. The van der Waals surface area contributed by atoms with Crippen LogP contribution in [-0.2, 0) is 9.53 Å². The van der Waals surface area contributed by atoms with Gasteiger partial charge in [-0.25, -0.2) is 5.01 Å². The first-order valence-electron chi connectivity index (χ1n) is 10.1. The van der Waals surface area contributed by atoms with Crippen molar-refractivity contribution in [1.82, 2.24) is 5.01 Å². The third kappa shape index (κ3) is 3.98. The third-order valence-electron chi connectivity index (χ3n) is 5.60. The van der Waals surface area contributed by atoms with Crippen molar-refractivity contribution in [3.05, 3.63) is 53.6 Å². The molecule has 0 N–H and O–H groups in total. The molecule has 1 fully saturated rings. The zero-order valence-corrected chi connectivity index (χ0v) is 17.6. The van der Waals surface area contributed by atoms with Crippen molar-refractivity contribution >= 4 is 17.3 Å². The molecule has 0 spiro atoms. The average Bonchev–Trinajstić information content (AvgIpc) is 3.25. The average molecular weight is 409 g/mol. The monoisotopic (exact) mass is 409 g/mol. The van der Waals surface area contributed by atoms with Crippen molar-refractivity contribution in [3.63, 3.8) is 0 Å². The number of anilines is 1. The van der Waals surface area contributed by atoms with Crippen molar-refractivity contribution < 1.29 is 19.0 Å². The zero-order chi connectivity index (χ0) is 21.1. The zero-order valence-electron chi connectivity index (χ0n) is 17.6. The maximum atomic E-state index is 12.3. The Bertz CT molecular complexity index is 936. The van der Waals surface area contributed by atoms with Gasteiger partial charge in [-0.2, -0.15) is 5.10 Å². The number of carbonyl (C=O) groups is 1. The number of carbonyl (C=O) groups excluding carboxylic acids is 1. The molecular weight excluding hydrogens is 382 g/mol. The molecule has 158 valence electrons. The largest absolute Gasteiger partial charge is 0.493 e. The highest BCUT2D eigenvalue weighted by molar-refractivity contribution is 6.03. The summed E-state index contributed by atoms with van der Waals surface area (Å²) < 4.78 is 16.2. The van der Waals surface area contributed by atoms with Crippen LogP contribution in [0.1, 0.15) is 30.5 Å². The van der Waals surface area contributed by atoms with Crippen LogP contribution in [0.4, 0.5) is 5.69 Å². The van der Waals surface area contributed by atoms with E-state index in [4.69, 9.17) is 14.2 Å². The summed E-state index contributed by atoms with van der Waals surface area (Å²) in [7, 11) is 3.22. The third-order valence-corrected chi connectivity index (χ3v) is 5.60. The number of hydrogen-bond donors (Lipinski definition) is 0. The summed E-state index contributed by atoms with van der Waals surface area (Å²) in [6.45, 7) is 4.86. The smallest absolute Gasteiger partial charge is 0.240 e. The molecule has 0 saturated carbocycles. The number of ether oxygens (including phenoxy) is 3. The summed E-state index contributed by atoms with van der Waals surface area (Å²) in [5.41, 5.74) is 4.02. The van der Waals surface area contributed by atoms with Crippen molar-refractivity contribution in [1.29, 1.82) is 0 Å². The maximum Gasteiger partial charge on any atom is 0.240 e. The molecule has 30 heavy (non-hydrogen) atoms. The predicted octanol–water partition coefficient (Wildman–Crippen LogP) is 3.24. The minimum atomic E-state index is -0.121. The Morgan fingerprint density at radius 3 is 2.37 bits per heavy atom. The number of methoxy groups -OCH3 is 2. The maximum absolute atomic E-state index is 12.3. The van der Waals surface area contributed by atoms with Gasteiger partial charge in [-0.15, -0.1) is 0 Å². The Hall–Kier alpha value is -3.06. The molecule has 7 heteroatoms. The quantitative estimate of drug-likeness (QED) is 0.759. The van der Waals surface area contributed by atoms with E-state index < -0.39 is 0 Å². The second-order valence-electron chi connectivity index (χ2n) is 7.39. The number of hydrazone groups is 1. The highest BCUT2D eigenvalue weighted by atomic mass is 16.5. The van der Waals surface area contributed by atoms with Gasteiger partial charge in [0.05, 0.1) is 39.2 Å². The first-order chi connectivity index (χ1) is 14.6. The molecular formula is C23H27N3O4. The number of nitrogens with zero attached hydrogens (tertiary/aromatic N) is 3. The summed E-state index contributed by atoms with van der Waals surface area (Å²) in [4.78, 5) is 14.6. The van der Waals surface area contributed by atoms with Crippen LogP contribution in [-0.4, -0.2) is 57.2 Å². The molecule has 1 saturated heterocycles. The van der Waals surface area contributed by atoms with E-state index in [0.717, 1.165) is 43.1 Å². The van der Waals surface area contributed by atoms with Crippen molar-refractivity contribution in [2.24, 2.45) is 5.10 Å². The van der Waals surface area contributed by atoms with E-state index in [-0.39, 0.29) is 11.9 Å². The number of hydrogen-bond acceptors (Lipinski definition) is 6. The van der Waals surface area contributed by atoms with E-state index in [1.165, 1.54) is 5.69 Å². The van der Waals surface area contributed by atoms with Crippen molar-refractivity contribution in [2.75, 3.05) is 45.4 Å². The lowest BCUT2D eigenvalue weighted by molar-refractivity contribution is -0.130. The molecule has 7 nitrogen and oxygen atoms in total. The lowest BCUT2D eigenvalue weighted by Gasteiger charge is -2.29. The van der Waals surface area contributed by atoms with Crippen LogP contribution in [0.3, 0.4) is 0 Å². The van der Waals surface area contributed by atoms with Gasteiger partial charge in [-0.1, -0.05) is 12.1 Å². The van der Waals surface area contributed by atoms with Gasteiger partial charge in [0.2, 0.25) is 5.91 Å². The van der Waals surface area contributed by atoms with Crippen LogP contribution in [0, 0.1) is 0 Å². The van der Waals surface area contributed by atoms with Gasteiger partial charge in [0.25, 0.3) is 0 Å². The second kappa shape index (κ2) is 8.75. The molecule has 0 aromatic heterocycles. The molecule has 2 heterocycles. The van der Waals surface area contributed by atoms with E-state index in [1.807, 2.05) is 18.2 Å². The minimum Gasteiger partial charge on any atom is -0.493 e. The van der Waals surface area contributed by atoms with E-state index in [0.29, 0.717) is 17.9 Å². The fraction of sp³-hybridized carbons (Fsp3) is 0.391. The Labute approximate surface area is 176 Å². The van der Waals surface area contributed by atoms with E-state index in [9.17, 15) is 4.79 Å². The van der Waals surface area contributed by atoms with Gasteiger partial charge in [0.15, 0.2) is 11.5 Å². The van der Waals surface area contributed by atoms with Gasteiger partial charge < -0.3 is 19.1 Å².